The van der Waals surface area contributed by atoms with Crippen LogP contribution in [0.4, 0.5) is 0 Å². The second-order valence-corrected chi connectivity index (χ2v) is 6.27. The van der Waals surface area contributed by atoms with Crippen LogP contribution in [-0.4, -0.2) is 32.8 Å². The van der Waals surface area contributed by atoms with Gasteiger partial charge < -0.3 is 10.1 Å². The van der Waals surface area contributed by atoms with Crippen LogP contribution in [0.3, 0.4) is 0 Å². The van der Waals surface area contributed by atoms with E-state index in [0.717, 1.165) is 17.7 Å². The van der Waals surface area contributed by atoms with Crippen LogP contribution in [0.25, 0.3) is 5.82 Å². The fraction of sp³-hybridized carbons (Fsp3) is 0.263. The summed E-state index contributed by atoms with van der Waals surface area (Å²) in [4.78, 5) is 20.8. The molecule has 2 atom stereocenters. The smallest absolute Gasteiger partial charge is 0.224 e. The van der Waals surface area contributed by atoms with Crippen LogP contribution < -0.4 is 10.1 Å². The highest BCUT2D eigenvalue weighted by molar-refractivity contribution is 5.82. The van der Waals surface area contributed by atoms with E-state index >= 15 is 0 Å². The van der Waals surface area contributed by atoms with Crippen LogP contribution >= 0.6 is 0 Å². The van der Waals surface area contributed by atoms with Gasteiger partial charge >= 0.3 is 0 Å². The number of benzene rings is 1. The molecule has 1 aliphatic rings. The van der Waals surface area contributed by atoms with Gasteiger partial charge in [0.1, 0.15) is 18.4 Å². The minimum Gasteiger partial charge on any atom is -0.497 e. The molecule has 2 aromatic heterocycles. The number of carbonyl (C=O) groups excluding carboxylic acids is 1. The summed E-state index contributed by atoms with van der Waals surface area (Å²) in [5.41, 5.74) is 2.07. The van der Waals surface area contributed by atoms with E-state index in [1.54, 1.807) is 24.3 Å². The number of hydrogen-bond donors (Lipinski definition) is 1. The minimum absolute atomic E-state index is 0.0230. The number of nitrogens with one attached hydrogen (secondary N) is 1. The first-order valence-corrected chi connectivity index (χ1v) is 8.47. The summed E-state index contributed by atoms with van der Waals surface area (Å²) < 4.78 is 6.77. The van der Waals surface area contributed by atoms with Crippen molar-refractivity contribution in [1.82, 2.24) is 25.1 Å². The van der Waals surface area contributed by atoms with Gasteiger partial charge in [0.05, 0.1) is 7.11 Å². The average Bonchev–Trinajstić information content (AvgIpc) is 3.31. The number of ether oxygens (including phenoxy) is 1. The Balaban J connectivity index is 1.38. The molecule has 1 saturated carbocycles. The minimum atomic E-state index is 0.0230. The molecule has 7 heteroatoms. The first-order valence-electron chi connectivity index (χ1n) is 8.47. The Labute approximate surface area is 151 Å². The number of pyridine rings is 1. The van der Waals surface area contributed by atoms with Crippen LogP contribution in [0.5, 0.6) is 5.75 Å². The molecule has 1 N–H and O–H groups in total. The van der Waals surface area contributed by atoms with Crippen molar-refractivity contribution in [3.05, 3.63) is 66.4 Å². The van der Waals surface area contributed by atoms with Crippen LogP contribution in [0.1, 0.15) is 23.5 Å². The molecule has 1 amide bonds. The summed E-state index contributed by atoms with van der Waals surface area (Å²) in [5.74, 6) is 1.87. The maximum Gasteiger partial charge on any atom is 0.224 e. The number of hydrogen-bond acceptors (Lipinski definition) is 5. The van der Waals surface area contributed by atoms with E-state index in [1.807, 2.05) is 36.4 Å². The van der Waals surface area contributed by atoms with E-state index in [9.17, 15) is 4.79 Å². The van der Waals surface area contributed by atoms with Gasteiger partial charge in [0.2, 0.25) is 5.91 Å². The molecule has 2 heterocycles. The molecule has 1 aliphatic carbocycles. The third-order valence-electron chi connectivity index (χ3n) is 4.63. The van der Waals surface area contributed by atoms with E-state index in [1.165, 1.54) is 11.9 Å². The Kier molecular flexibility index (Phi) is 4.35. The van der Waals surface area contributed by atoms with E-state index in [4.69, 9.17) is 4.74 Å². The summed E-state index contributed by atoms with van der Waals surface area (Å²) in [5, 5.41) is 7.13. The highest BCUT2D eigenvalue weighted by Gasteiger charge is 2.43. The van der Waals surface area contributed by atoms with Gasteiger partial charge in [-0.3, -0.25) is 4.79 Å². The van der Waals surface area contributed by atoms with Gasteiger partial charge in [0.15, 0.2) is 5.82 Å². The zero-order chi connectivity index (χ0) is 17.9. The molecule has 0 spiro atoms. The zero-order valence-corrected chi connectivity index (χ0v) is 14.4. The molecule has 132 valence electrons. The maximum absolute atomic E-state index is 12.5. The van der Waals surface area contributed by atoms with E-state index in [0.29, 0.717) is 12.4 Å². The molecular weight excluding hydrogens is 330 g/mol. The largest absolute Gasteiger partial charge is 0.497 e. The maximum atomic E-state index is 12.5. The van der Waals surface area contributed by atoms with Gasteiger partial charge in [0.25, 0.3) is 0 Å². The highest BCUT2D eigenvalue weighted by Crippen LogP contribution is 2.47. The van der Waals surface area contributed by atoms with Crippen molar-refractivity contribution in [2.24, 2.45) is 5.92 Å². The molecule has 0 saturated heterocycles. The van der Waals surface area contributed by atoms with E-state index in [-0.39, 0.29) is 17.7 Å². The molecule has 0 unspecified atom stereocenters. The third kappa shape index (κ3) is 3.28. The van der Waals surface area contributed by atoms with Gasteiger partial charge in [-0.1, -0.05) is 18.2 Å². The first-order chi connectivity index (χ1) is 12.8. The van der Waals surface area contributed by atoms with Gasteiger partial charge in [0, 0.05) is 24.2 Å². The predicted molar refractivity (Wildman–Crippen MR) is 94.8 cm³/mol. The average molecular weight is 349 g/mol. The molecule has 4 rings (SSSR count). The normalized spacial score (nSPS) is 18.3. The SMILES string of the molecule is COc1ccc([C@@H]2C[C@H]2C(=O)NCc2cccnc2-n2cncn2)cc1. The second kappa shape index (κ2) is 6.95. The topological polar surface area (TPSA) is 81.9 Å². The quantitative estimate of drug-likeness (QED) is 0.737. The monoisotopic (exact) mass is 349 g/mol. The number of carbonyl (C=O) groups is 1. The Bertz CT molecular complexity index is 893. The van der Waals surface area contributed by atoms with Crippen molar-refractivity contribution in [1.29, 1.82) is 0 Å². The Morgan fingerprint density at radius 1 is 1.31 bits per heavy atom. The molecule has 1 aromatic carbocycles. The summed E-state index contributed by atoms with van der Waals surface area (Å²) in [7, 11) is 1.65. The van der Waals surface area contributed by atoms with Crippen molar-refractivity contribution in [3.8, 4) is 11.6 Å². The fourth-order valence-corrected chi connectivity index (χ4v) is 3.11. The lowest BCUT2D eigenvalue weighted by atomic mass is 10.1. The Morgan fingerprint density at radius 2 is 2.15 bits per heavy atom. The van der Waals surface area contributed by atoms with Gasteiger partial charge in [-0.15, -0.1) is 0 Å². The second-order valence-electron chi connectivity index (χ2n) is 6.27. The Hall–Kier alpha value is -3.22. The van der Waals surface area contributed by atoms with Crippen molar-refractivity contribution in [3.63, 3.8) is 0 Å². The van der Waals surface area contributed by atoms with E-state index in [2.05, 4.69) is 20.4 Å². The molecule has 26 heavy (non-hydrogen) atoms. The molecule has 7 nitrogen and oxygen atoms in total. The summed E-state index contributed by atoms with van der Waals surface area (Å²) in [6, 6.07) is 11.7. The molecule has 1 fully saturated rings. The predicted octanol–water partition coefficient (Wildman–Crippen LogP) is 2.09. The lowest BCUT2D eigenvalue weighted by molar-refractivity contribution is -0.122. The highest BCUT2D eigenvalue weighted by atomic mass is 16.5. The lowest BCUT2D eigenvalue weighted by Crippen LogP contribution is -2.25. The van der Waals surface area contributed by atoms with Crippen molar-refractivity contribution in [2.75, 3.05) is 7.11 Å². The van der Waals surface area contributed by atoms with Crippen molar-refractivity contribution in [2.45, 2.75) is 18.9 Å². The van der Waals surface area contributed by atoms with Gasteiger partial charge in [-0.2, -0.15) is 5.10 Å². The summed E-state index contributed by atoms with van der Waals surface area (Å²) in [6.07, 6.45) is 5.62. The van der Waals surface area contributed by atoms with Crippen LogP contribution in [-0.2, 0) is 11.3 Å². The number of methoxy groups -OCH3 is 1. The van der Waals surface area contributed by atoms with Crippen LogP contribution in [0, 0.1) is 5.92 Å². The molecule has 0 aliphatic heterocycles. The Morgan fingerprint density at radius 3 is 2.88 bits per heavy atom. The van der Waals surface area contributed by atoms with Crippen molar-refractivity contribution >= 4 is 5.91 Å². The number of aromatic nitrogens is 4. The lowest BCUT2D eigenvalue weighted by Gasteiger charge is -2.09. The van der Waals surface area contributed by atoms with Crippen LogP contribution in [0.15, 0.2) is 55.2 Å². The van der Waals surface area contributed by atoms with E-state index < -0.39 is 0 Å². The number of nitrogens with zero attached hydrogens (tertiary/aromatic N) is 4. The number of amides is 1. The number of rotatable bonds is 6. The molecule has 0 radical (unpaired) electrons. The van der Waals surface area contributed by atoms with Crippen LogP contribution in [0.2, 0.25) is 0 Å². The molecular formula is C19H19N5O2. The zero-order valence-electron chi connectivity index (χ0n) is 14.4. The van der Waals surface area contributed by atoms with Crippen molar-refractivity contribution < 1.29 is 9.53 Å². The first kappa shape index (κ1) is 16.3. The molecule has 0 bridgehead atoms. The van der Waals surface area contributed by atoms with Gasteiger partial charge in [-0.05, 0) is 36.1 Å². The third-order valence-corrected chi connectivity index (χ3v) is 4.63. The summed E-state index contributed by atoms with van der Waals surface area (Å²) >= 11 is 0. The summed E-state index contributed by atoms with van der Waals surface area (Å²) in [6.45, 7) is 0.410. The molecule has 3 aromatic rings. The van der Waals surface area contributed by atoms with Gasteiger partial charge in [-0.25, -0.2) is 14.6 Å². The standard InChI is InChI=1S/C19H19N5O2/c1-26-15-6-4-13(5-7-15)16-9-17(16)19(25)22-10-14-3-2-8-21-18(14)24-12-20-11-23-24/h2-8,11-12,16-17H,9-10H2,1H3,(H,22,25)/t16-,17+/m0/s1. The fourth-order valence-electron chi connectivity index (χ4n) is 3.11.